The Morgan fingerprint density at radius 2 is 1.06 bits per heavy atom. The van der Waals surface area contributed by atoms with E-state index in [1.54, 1.807) is 0 Å². The number of carbonyl (C=O) groups is 2. The summed E-state index contributed by atoms with van der Waals surface area (Å²) in [4.78, 5) is 23.3. The van der Waals surface area contributed by atoms with Gasteiger partial charge >= 0.3 is 6.09 Å². The number of unbranched alkanes of at least 4 members (excludes halogenated alkanes) is 14. The predicted octanol–water partition coefficient (Wildman–Crippen LogP) is 6.91. The summed E-state index contributed by atoms with van der Waals surface area (Å²) in [7, 11) is 0. The fourth-order valence-electron chi connectivity index (χ4n) is 3.65. The highest BCUT2D eigenvalue weighted by atomic mass is 16.6. The summed E-state index contributed by atoms with van der Waals surface area (Å²) in [6, 6.07) is 0. The molecule has 0 aliphatic carbocycles. The van der Waals surface area contributed by atoms with Gasteiger partial charge in [-0.2, -0.15) is 0 Å². The molecule has 196 valence electrons. The molecule has 0 rings (SSSR count). The second kappa shape index (κ2) is 22.5. The molecule has 0 aromatic carbocycles. The van der Waals surface area contributed by atoms with Crippen molar-refractivity contribution in [3.63, 3.8) is 0 Å². The van der Waals surface area contributed by atoms with E-state index in [0.717, 1.165) is 12.8 Å². The third-order valence-corrected chi connectivity index (χ3v) is 5.49. The van der Waals surface area contributed by atoms with Crippen molar-refractivity contribution in [3.8, 4) is 0 Å². The smallest absolute Gasteiger partial charge is 0.407 e. The van der Waals surface area contributed by atoms with Gasteiger partial charge in [-0.3, -0.25) is 4.79 Å². The van der Waals surface area contributed by atoms with Gasteiger partial charge in [0.05, 0.1) is 13.2 Å². The highest BCUT2D eigenvalue weighted by Gasteiger charge is 2.15. The van der Waals surface area contributed by atoms with E-state index in [9.17, 15) is 9.59 Å². The van der Waals surface area contributed by atoms with Crippen molar-refractivity contribution in [2.45, 2.75) is 136 Å². The van der Waals surface area contributed by atoms with E-state index in [-0.39, 0.29) is 5.91 Å². The quantitative estimate of drug-likeness (QED) is 0.169. The van der Waals surface area contributed by atoms with E-state index in [0.29, 0.717) is 32.7 Å². The van der Waals surface area contributed by atoms with Gasteiger partial charge in [0.25, 0.3) is 0 Å². The van der Waals surface area contributed by atoms with E-state index in [2.05, 4.69) is 17.6 Å². The molecule has 0 saturated carbocycles. The lowest BCUT2D eigenvalue weighted by atomic mass is 10.0. The molecule has 0 aromatic heterocycles. The first kappa shape index (κ1) is 31.7. The first-order chi connectivity index (χ1) is 15.8. The van der Waals surface area contributed by atoms with Crippen LogP contribution in [0.5, 0.6) is 0 Å². The van der Waals surface area contributed by atoms with Gasteiger partial charge in [-0.25, -0.2) is 4.79 Å². The van der Waals surface area contributed by atoms with Crippen LogP contribution in [0.1, 0.15) is 130 Å². The van der Waals surface area contributed by atoms with Crippen LogP contribution in [-0.4, -0.2) is 43.9 Å². The van der Waals surface area contributed by atoms with Crippen LogP contribution in [-0.2, 0) is 14.3 Å². The minimum Gasteiger partial charge on any atom is -0.444 e. The van der Waals surface area contributed by atoms with Crippen molar-refractivity contribution in [3.05, 3.63) is 0 Å². The first-order valence-electron chi connectivity index (χ1n) is 13.7. The number of nitrogens with one attached hydrogen (secondary N) is 2. The Morgan fingerprint density at radius 3 is 1.52 bits per heavy atom. The predicted molar refractivity (Wildman–Crippen MR) is 138 cm³/mol. The van der Waals surface area contributed by atoms with Gasteiger partial charge in [-0.15, -0.1) is 0 Å². The standard InChI is InChI=1S/C27H54N2O4/c1-5-6-7-8-9-10-11-12-13-14-15-16-17-18-19-20-25(30)28-21-23-32-24-22-29-26(31)33-27(2,3)4/h5-24H2,1-4H3,(H,28,30)(H,29,31). The zero-order valence-corrected chi connectivity index (χ0v) is 22.3. The minimum atomic E-state index is -0.498. The molecule has 0 atom stereocenters. The summed E-state index contributed by atoms with van der Waals surface area (Å²) in [6.07, 6.45) is 20.1. The van der Waals surface area contributed by atoms with Gasteiger partial charge in [0, 0.05) is 19.5 Å². The van der Waals surface area contributed by atoms with Crippen molar-refractivity contribution in [1.29, 1.82) is 0 Å². The molecule has 0 fully saturated rings. The lowest BCUT2D eigenvalue weighted by Gasteiger charge is -2.19. The number of hydrogen-bond acceptors (Lipinski definition) is 4. The lowest BCUT2D eigenvalue weighted by Crippen LogP contribution is -2.34. The van der Waals surface area contributed by atoms with Crippen LogP contribution in [0.15, 0.2) is 0 Å². The molecule has 0 radical (unpaired) electrons. The maximum absolute atomic E-state index is 11.8. The van der Waals surface area contributed by atoms with Gasteiger partial charge < -0.3 is 20.1 Å². The molecule has 6 heteroatoms. The fourth-order valence-corrected chi connectivity index (χ4v) is 3.65. The summed E-state index contributed by atoms with van der Waals surface area (Å²) < 4.78 is 10.5. The maximum atomic E-state index is 11.8. The third-order valence-electron chi connectivity index (χ3n) is 5.49. The lowest BCUT2D eigenvalue weighted by molar-refractivity contribution is -0.121. The van der Waals surface area contributed by atoms with Gasteiger partial charge in [0.15, 0.2) is 0 Å². The van der Waals surface area contributed by atoms with Crippen LogP contribution in [0.3, 0.4) is 0 Å². The number of hydrogen-bond donors (Lipinski definition) is 2. The van der Waals surface area contributed by atoms with Gasteiger partial charge in [0.1, 0.15) is 5.60 Å². The van der Waals surface area contributed by atoms with Crippen molar-refractivity contribution < 1.29 is 19.1 Å². The van der Waals surface area contributed by atoms with Gasteiger partial charge in [-0.05, 0) is 27.2 Å². The fraction of sp³-hybridized carbons (Fsp3) is 0.926. The average molecular weight is 471 g/mol. The number of carbonyl (C=O) groups excluding carboxylic acids is 2. The summed E-state index contributed by atoms with van der Waals surface area (Å²) in [5.41, 5.74) is -0.498. The van der Waals surface area contributed by atoms with E-state index >= 15 is 0 Å². The normalized spacial score (nSPS) is 11.4. The molecule has 0 spiro atoms. The van der Waals surface area contributed by atoms with E-state index in [1.807, 2.05) is 20.8 Å². The molecule has 0 unspecified atom stereocenters. The summed E-state index contributed by atoms with van der Waals surface area (Å²) in [6.45, 7) is 9.48. The highest BCUT2D eigenvalue weighted by molar-refractivity contribution is 5.75. The molecule has 0 bridgehead atoms. The molecule has 0 aromatic rings. The Balaban J connectivity index is 3.26. The average Bonchev–Trinajstić information content (AvgIpc) is 2.74. The van der Waals surface area contributed by atoms with Crippen LogP contribution in [0, 0.1) is 0 Å². The number of alkyl carbamates (subject to hydrolysis) is 1. The molecular formula is C27H54N2O4. The molecule has 2 N–H and O–H groups in total. The number of ether oxygens (including phenoxy) is 2. The second-order valence-corrected chi connectivity index (χ2v) is 10.1. The van der Waals surface area contributed by atoms with Crippen molar-refractivity contribution in [1.82, 2.24) is 10.6 Å². The third kappa shape index (κ3) is 26.8. The monoisotopic (exact) mass is 470 g/mol. The van der Waals surface area contributed by atoms with Crippen LogP contribution < -0.4 is 10.6 Å². The number of rotatable bonds is 22. The van der Waals surface area contributed by atoms with Crippen LogP contribution in [0.25, 0.3) is 0 Å². The Hall–Kier alpha value is -1.30. The molecule has 2 amide bonds. The zero-order valence-electron chi connectivity index (χ0n) is 22.3. The highest BCUT2D eigenvalue weighted by Crippen LogP contribution is 2.13. The van der Waals surface area contributed by atoms with Crippen molar-refractivity contribution in [2.24, 2.45) is 0 Å². The molecule has 0 aliphatic heterocycles. The minimum absolute atomic E-state index is 0.0974. The Labute approximate surface area is 204 Å². The van der Waals surface area contributed by atoms with E-state index in [4.69, 9.17) is 9.47 Å². The molecule has 0 heterocycles. The molecular weight excluding hydrogens is 416 g/mol. The summed E-state index contributed by atoms with van der Waals surface area (Å²) >= 11 is 0. The maximum Gasteiger partial charge on any atom is 0.407 e. The second-order valence-electron chi connectivity index (χ2n) is 10.1. The van der Waals surface area contributed by atoms with Crippen LogP contribution in [0.2, 0.25) is 0 Å². The van der Waals surface area contributed by atoms with Crippen molar-refractivity contribution in [2.75, 3.05) is 26.3 Å². The summed E-state index contributed by atoms with van der Waals surface area (Å²) in [5, 5.41) is 5.52. The Morgan fingerprint density at radius 1 is 0.636 bits per heavy atom. The van der Waals surface area contributed by atoms with E-state index in [1.165, 1.54) is 83.5 Å². The topological polar surface area (TPSA) is 76.7 Å². The van der Waals surface area contributed by atoms with Crippen LogP contribution >= 0.6 is 0 Å². The van der Waals surface area contributed by atoms with Crippen LogP contribution in [0.4, 0.5) is 4.79 Å². The summed E-state index contributed by atoms with van der Waals surface area (Å²) in [5.74, 6) is 0.0974. The largest absolute Gasteiger partial charge is 0.444 e. The number of amides is 2. The van der Waals surface area contributed by atoms with Gasteiger partial charge in [0.2, 0.25) is 5.91 Å². The molecule has 6 nitrogen and oxygen atoms in total. The van der Waals surface area contributed by atoms with E-state index < -0.39 is 11.7 Å². The Kier molecular flexibility index (Phi) is 21.6. The molecule has 0 aliphatic rings. The molecule has 33 heavy (non-hydrogen) atoms. The van der Waals surface area contributed by atoms with Gasteiger partial charge in [-0.1, -0.05) is 96.8 Å². The zero-order chi connectivity index (χ0) is 24.6. The SMILES string of the molecule is CCCCCCCCCCCCCCCCCC(=O)NCCOCCNC(=O)OC(C)(C)C. The first-order valence-corrected chi connectivity index (χ1v) is 13.7. The Bertz CT molecular complexity index is 464. The molecule has 0 saturated heterocycles. The van der Waals surface area contributed by atoms with Crippen molar-refractivity contribution >= 4 is 12.0 Å².